The van der Waals surface area contributed by atoms with Crippen LogP contribution < -0.4 is 5.73 Å². The topological polar surface area (TPSA) is 109 Å². The molecule has 0 radical (unpaired) electrons. The summed E-state index contributed by atoms with van der Waals surface area (Å²) >= 11 is 0. The van der Waals surface area contributed by atoms with E-state index >= 15 is 0 Å². The first-order valence-corrected chi connectivity index (χ1v) is 12.5. The third-order valence-corrected chi connectivity index (χ3v) is 6.46. The van der Waals surface area contributed by atoms with Crippen LogP contribution in [0.3, 0.4) is 0 Å². The molecule has 0 bridgehead atoms. The summed E-state index contributed by atoms with van der Waals surface area (Å²) in [5.41, 5.74) is 9.08. The van der Waals surface area contributed by atoms with Crippen LogP contribution in [-0.4, -0.2) is 47.1 Å². The van der Waals surface area contributed by atoms with Crippen molar-refractivity contribution in [1.29, 1.82) is 0 Å². The summed E-state index contributed by atoms with van der Waals surface area (Å²) in [6.45, 7) is 1.14. The summed E-state index contributed by atoms with van der Waals surface area (Å²) in [5.74, 6) is 1.05. The standard InChI is InChI=1S/C24H30N4O3S/c1-32(30,31)28(16-6-14-25)18-19-7-4-10-21(17-19)22-13-15-26-24(27-22)12-5-9-20-8-2-3-11-23(20)29/h2-4,7-8,10-11,13,15,17,29H,5-6,9,12,14,16,18,25H2,1H3. The fraction of sp³-hybridized carbons (Fsp3) is 0.333. The Morgan fingerprint density at radius 2 is 1.84 bits per heavy atom. The highest BCUT2D eigenvalue weighted by Crippen LogP contribution is 2.21. The molecular formula is C24H30N4O3S. The SMILES string of the molecule is CS(=O)(=O)N(CCCN)Cc1cccc(-c2ccnc(CCCc3ccccc3O)n2)c1. The van der Waals surface area contributed by atoms with Gasteiger partial charge in [-0.2, -0.15) is 4.31 Å². The van der Waals surface area contributed by atoms with E-state index in [1.54, 1.807) is 12.3 Å². The van der Waals surface area contributed by atoms with Gasteiger partial charge in [0.1, 0.15) is 11.6 Å². The van der Waals surface area contributed by atoms with Crippen LogP contribution in [0.25, 0.3) is 11.3 Å². The number of rotatable bonds is 11. The number of aromatic nitrogens is 2. The third-order valence-electron chi connectivity index (χ3n) is 5.21. The summed E-state index contributed by atoms with van der Waals surface area (Å²) in [6.07, 6.45) is 5.85. The molecule has 2 aromatic carbocycles. The number of nitrogens with zero attached hydrogens (tertiary/aromatic N) is 3. The molecule has 0 amide bonds. The van der Waals surface area contributed by atoms with E-state index < -0.39 is 10.0 Å². The number of phenols is 1. The van der Waals surface area contributed by atoms with Crippen molar-refractivity contribution < 1.29 is 13.5 Å². The van der Waals surface area contributed by atoms with Gasteiger partial charge in [0.05, 0.1) is 11.9 Å². The predicted molar refractivity (Wildman–Crippen MR) is 127 cm³/mol. The molecule has 32 heavy (non-hydrogen) atoms. The van der Waals surface area contributed by atoms with E-state index in [0.29, 0.717) is 38.2 Å². The molecule has 8 heteroatoms. The van der Waals surface area contributed by atoms with Crippen LogP contribution in [0.4, 0.5) is 0 Å². The number of hydrogen-bond acceptors (Lipinski definition) is 6. The van der Waals surface area contributed by atoms with E-state index in [1.165, 1.54) is 10.6 Å². The van der Waals surface area contributed by atoms with E-state index in [0.717, 1.165) is 41.1 Å². The predicted octanol–water partition coefficient (Wildman–Crippen LogP) is 3.13. The van der Waals surface area contributed by atoms with Gasteiger partial charge in [0.2, 0.25) is 10.0 Å². The molecule has 0 saturated heterocycles. The molecule has 170 valence electrons. The van der Waals surface area contributed by atoms with Gasteiger partial charge < -0.3 is 10.8 Å². The van der Waals surface area contributed by atoms with E-state index in [-0.39, 0.29) is 0 Å². The molecule has 1 aromatic heterocycles. The minimum Gasteiger partial charge on any atom is -0.508 e. The second kappa shape index (κ2) is 11.2. The van der Waals surface area contributed by atoms with Crippen molar-refractivity contribution in [1.82, 2.24) is 14.3 Å². The normalized spacial score (nSPS) is 11.7. The molecule has 0 fully saturated rings. The maximum absolute atomic E-state index is 12.1. The average Bonchev–Trinajstić information content (AvgIpc) is 2.77. The molecule has 0 aliphatic rings. The Morgan fingerprint density at radius 1 is 1.03 bits per heavy atom. The van der Waals surface area contributed by atoms with Gasteiger partial charge in [-0.15, -0.1) is 0 Å². The Morgan fingerprint density at radius 3 is 2.59 bits per heavy atom. The molecule has 1 heterocycles. The molecule has 3 N–H and O–H groups in total. The van der Waals surface area contributed by atoms with Gasteiger partial charge in [-0.1, -0.05) is 36.4 Å². The monoisotopic (exact) mass is 454 g/mol. The average molecular weight is 455 g/mol. The lowest BCUT2D eigenvalue weighted by Gasteiger charge is -2.20. The van der Waals surface area contributed by atoms with Gasteiger partial charge in [-0.05, 0) is 55.1 Å². The van der Waals surface area contributed by atoms with Gasteiger partial charge in [0, 0.05) is 31.3 Å². The summed E-state index contributed by atoms with van der Waals surface area (Å²) < 4.78 is 25.7. The van der Waals surface area contributed by atoms with E-state index in [1.807, 2.05) is 48.5 Å². The van der Waals surface area contributed by atoms with Gasteiger partial charge in [0.25, 0.3) is 0 Å². The zero-order chi connectivity index (χ0) is 23.0. The molecule has 3 aromatic rings. The number of aryl methyl sites for hydroxylation is 2. The van der Waals surface area contributed by atoms with Gasteiger partial charge in [0.15, 0.2) is 0 Å². The van der Waals surface area contributed by atoms with Crippen molar-refractivity contribution in [3.63, 3.8) is 0 Å². The number of benzene rings is 2. The smallest absolute Gasteiger partial charge is 0.211 e. The first-order valence-electron chi connectivity index (χ1n) is 10.7. The largest absolute Gasteiger partial charge is 0.508 e. The molecule has 0 aliphatic heterocycles. The summed E-state index contributed by atoms with van der Waals surface area (Å²) in [4.78, 5) is 9.08. The number of aromatic hydroxyl groups is 1. The fourth-order valence-corrected chi connectivity index (χ4v) is 4.35. The lowest BCUT2D eigenvalue weighted by molar-refractivity contribution is 0.405. The Bertz CT molecular complexity index is 1140. The quantitative estimate of drug-likeness (QED) is 0.461. The first-order chi connectivity index (χ1) is 15.4. The van der Waals surface area contributed by atoms with Crippen molar-refractivity contribution in [3.05, 3.63) is 77.7 Å². The van der Waals surface area contributed by atoms with Crippen LogP contribution in [0.15, 0.2) is 60.8 Å². The number of nitrogens with two attached hydrogens (primary N) is 1. The van der Waals surface area contributed by atoms with E-state index in [9.17, 15) is 13.5 Å². The lowest BCUT2D eigenvalue weighted by Crippen LogP contribution is -2.31. The molecule has 0 spiro atoms. The summed E-state index contributed by atoms with van der Waals surface area (Å²) in [5, 5.41) is 9.91. The number of sulfonamides is 1. The molecule has 0 atom stereocenters. The van der Waals surface area contributed by atoms with E-state index in [2.05, 4.69) is 4.98 Å². The van der Waals surface area contributed by atoms with Crippen LogP contribution in [0.5, 0.6) is 5.75 Å². The minimum atomic E-state index is -3.32. The van der Waals surface area contributed by atoms with Gasteiger partial charge in [-0.3, -0.25) is 0 Å². The molecule has 0 unspecified atom stereocenters. The van der Waals surface area contributed by atoms with Gasteiger partial charge in [-0.25, -0.2) is 18.4 Å². The van der Waals surface area contributed by atoms with Gasteiger partial charge >= 0.3 is 0 Å². The highest BCUT2D eigenvalue weighted by molar-refractivity contribution is 7.88. The molecular weight excluding hydrogens is 424 g/mol. The van der Waals surface area contributed by atoms with Crippen molar-refractivity contribution in [2.45, 2.75) is 32.2 Å². The third kappa shape index (κ3) is 6.85. The van der Waals surface area contributed by atoms with E-state index in [4.69, 9.17) is 10.7 Å². The molecule has 0 saturated carbocycles. The fourth-order valence-electron chi connectivity index (χ4n) is 3.50. The number of hydrogen-bond donors (Lipinski definition) is 2. The number of para-hydroxylation sites is 1. The minimum absolute atomic E-state index is 0.297. The molecule has 0 aliphatic carbocycles. The first kappa shape index (κ1) is 23.8. The highest BCUT2D eigenvalue weighted by Gasteiger charge is 2.16. The zero-order valence-corrected chi connectivity index (χ0v) is 19.1. The summed E-state index contributed by atoms with van der Waals surface area (Å²) in [7, 11) is -3.32. The lowest BCUT2D eigenvalue weighted by atomic mass is 10.1. The van der Waals surface area contributed by atoms with Crippen molar-refractivity contribution in [2.75, 3.05) is 19.3 Å². The molecule has 7 nitrogen and oxygen atoms in total. The van der Waals surface area contributed by atoms with Crippen LogP contribution in [0, 0.1) is 0 Å². The Kier molecular flexibility index (Phi) is 8.33. The van der Waals surface area contributed by atoms with Crippen LogP contribution in [-0.2, 0) is 29.4 Å². The number of phenolic OH excluding ortho intramolecular Hbond substituents is 1. The highest BCUT2D eigenvalue weighted by atomic mass is 32.2. The maximum Gasteiger partial charge on any atom is 0.211 e. The van der Waals surface area contributed by atoms with Crippen molar-refractivity contribution in [3.8, 4) is 17.0 Å². The summed E-state index contributed by atoms with van der Waals surface area (Å²) in [6, 6.07) is 17.0. The van der Waals surface area contributed by atoms with Crippen LogP contribution >= 0.6 is 0 Å². The Labute approximate surface area is 190 Å². The maximum atomic E-state index is 12.1. The van der Waals surface area contributed by atoms with Crippen LogP contribution in [0.1, 0.15) is 29.8 Å². The molecule has 3 rings (SSSR count). The van der Waals surface area contributed by atoms with Crippen LogP contribution in [0.2, 0.25) is 0 Å². The second-order valence-electron chi connectivity index (χ2n) is 7.78. The second-order valence-corrected chi connectivity index (χ2v) is 9.76. The Hall–Kier alpha value is -2.81. The zero-order valence-electron chi connectivity index (χ0n) is 18.3. The van der Waals surface area contributed by atoms with Crippen molar-refractivity contribution in [2.24, 2.45) is 5.73 Å². The van der Waals surface area contributed by atoms with Crippen molar-refractivity contribution >= 4 is 10.0 Å². The Balaban J connectivity index is 1.70.